The number of rotatable bonds is 2. The zero-order valence-corrected chi connectivity index (χ0v) is 8.89. The van der Waals surface area contributed by atoms with Gasteiger partial charge in [-0.05, 0) is 18.4 Å². The Labute approximate surface area is 90.3 Å². The second-order valence-electron chi connectivity index (χ2n) is 3.02. The molecule has 0 aliphatic carbocycles. The van der Waals surface area contributed by atoms with Crippen LogP contribution in [0.1, 0.15) is 16.1 Å². The monoisotopic (exact) mass is 222 g/mol. The van der Waals surface area contributed by atoms with Gasteiger partial charge in [0.25, 0.3) is 5.91 Å². The molecular formula is C9H10N4OS. The van der Waals surface area contributed by atoms with Crippen molar-refractivity contribution in [3.63, 3.8) is 0 Å². The van der Waals surface area contributed by atoms with Crippen LogP contribution in [0.4, 0.5) is 0 Å². The average molecular weight is 222 g/mol. The lowest BCUT2D eigenvalue weighted by atomic mass is 10.1. The number of H-pyrrole nitrogens is 1. The van der Waals surface area contributed by atoms with Gasteiger partial charge in [0.1, 0.15) is 5.69 Å². The molecule has 0 aromatic carbocycles. The molecule has 78 valence electrons. The maximum Gasteiger partial charge on any atom is 0.269 e. The van der Waals surface area contributed by atoms with Gasteiger partial charge < -0.3 is 0 Å². The predicted molar refractivity (Wildman–Crippen MR) is 58.3 cm³/mol. The number of aromatic amines is 1. The van der Waals surface area contributed by atoms with Crippen LogP contribution in [0.5, 0.6) is 0 Å². The minimum atomic E-state index is -0.329. The number of hydrazine groups is 1. The lowest BCUT2D eigenvalue weighted by Crippen LogP contribution is -2.30. The van der Waals surface area contributed by atoms with Gasteiger partial charge in [-0.25, -0.2) is 5.84 Å². The smallest absolute Gasteiger partial charge is 0.269 e. The van der Waals surface area contributed by atoms with E-state index in [4.69, 9.17) is 5.84 Å². The number of amides is 1. The Morgan fingerprint density at radius 1 is 1.67 bits per heavy atom. The summed E-state index contributed by atoms with van der Waals surface area (Å²) in [7, 11) is 0. The molecule has 0 aliphatic rings. The van der Waals surface area contributed by atoms with E-state index >= 15 is 0 Å². The Kier molecular flexibility index (Phi) is 2.53. The molecule has 0 bridgehead atoms. The fourth-order valence-electron chi connectivity index (χ4n) is 1.37. The van der Waals surface area contributed by atoms with Crippen LogP contribution in [-0.2, 0) is 0 Å². The van der Waals surface area contributed by atoms with Gasteiger partial charge in [0.15, 0.2) is 0 Å². The van der Waals surface area contributed by atoms with Gasteiger partial charge in [0.2, 0.25) is 0 Å². The summed E-state index contributed by atoms with van der Waals surface area (Å²) < 4.78 is 0. The van der Waals surface area contributed by atoms with E-state index in [0.717, 1.165) is 4.88 Å². The first kappa shape index (κ1) is 9.88. The number of thiophene rings is 1. The number of nitrogens with two attached hydrogens (primary N) is 1. The number of carbonyl (C=O) groups is 1. The first-order valence-corrected chi connectivity index (χ1v) is 5.21. The van der Waals surface area contributed by atoms with Gasteiger partial charge in [-0.15, -0.1) is 11.3 Å². The molecule has 2 aromatic rings. The SMILES string of the molecule is Cc1[nH]nc(-c2cccs2)c1C(=O)NN. The first-order valence-electron chi connectivity index (χ1n) is 4.34. The molecule has 0 radical (unpaired) electrons. The van der Waals surface area contributed by atoms with Crippen molar-refractivity contribution in [2.75, 3.05) is 0 Å². The van der Waals surface area contributed by atoms with E-state index in [1.807, 2.05) is 17.5 Å². The molecule has 1 amide bonds. The van der Waals surface area contributed by atoms with Gasteiger partial charge in [0.05, 0.1) is 10.4 Å². The lowest BCUT2D eigenvalue weighted by molar-refractivity contribution is 0.0954. The molecule has 2 heterocycles. The quantitative estimate of drug-likeness (QED) is 0.403. The van der Waals surface area contributed by atoms with Gasteiger partial charge >= 0.3 is 0 Å². The summed E-state index contributed by atoms with van der Waals surface area (Å²) in [5, 5.41) is 8.81. The summed E-state index contributed by atoms with van der Waals surface area (Å²) in [6.45, 7) is 1.79. The maximum absolute atomic E-state index is 11.5. The van der Waals surface area contributed by atoms with Crippen LogP contribution in [0.3, 0.4) is 0 Å². The Balaban J connectivity index is 2.54. The Bertz CT molecular complexity index is 474. The third-order valence-corrected chi connectivity index (χ3v) is 2.94. The summed E-state index contributed by atoms with van der Waals surface area (Å²) in [6.07, 6.45) is 0. The first-order chi connectivity index (χ1) is 7.24. The van der Waals surface area contributed by atoms with Crippen molar-refractivity contribution in [3.05, 3.63) is 28.8 Å². The largest absolute Gasteiger partial charge is 0.290 e. The number of carbonyl (C=O) groups excluding carboxylic acids is 1. The van der Waals surface area contributed by atoms with Crippen molar-refractivity contribution >= 4 is 17.2 Å². The van der Waals surface area contributed by atoms with E-state index < -0.39 is 0 Å². The molecule has 0 spiro atoms. The third-order valence-electron chi connectivity index (χ3n) is 2.06. The molecule has 0 saturated heterocycles. The van der Waals surface area contributed by atoms with Crippen LogP contribution < -0.4 is 11.3 Å². The zero-order chi connectivity index (χ0) is 10.8. The molecular weight excluding hydrogens is 212 g/mol. The van der Waals surface area contributed by atoms with Gasteiger partial charge in [-0.3, -0.25) is 15.3 Å². The fraction of sp³-hybridized carbons (Fsp3) is 0.111. The van der Waals surface area contributed by atoms with Crippen molar-refractivity contribution in [1.29, 1.82) is 0 Å². The van der Waals surface area contributed by atoms with Crippen LogP contribution in [0.15, 0.2) is 17.5 Å². The number of hydrogen-bond acceptors (Lipinski definition) is 4. The predicted octanol–water partition coefficient (Wildman–Crippen LogP) is 1.05. The van der Waals surface area contributed by atoms with E-state index in [2.05, 4.69) is 15.6 Å². The number of nitrogen functional groups attached to an aromatic ring is 1. The average Bonchev–Trinajstić information content (AvgIpc) is 2.85. The number of aryl methyl sites for hydroxylation is 1. The Morgan fingerprint density at radius 3 is 3.07 bits per heavy atom. The molecule has 2 rings (SSSR count). The van der Waals surface area contributed by atoms with E-state index in [9.17, 15) is 4.79 Å². The van der Waals surface area contributed by atoms with Crippen LogP contribution >= 0.6 is 11.3 Å². The molecule has 0 saturated carbocycles. The van der Waals surface area contributed by atoms with E-state index in [1.54, 1.807) is 6.92 Å². The lowest BCUT2D eigenvalue weighted by Gasteiger charge is -1.99. The van der Waals surface area contributed by atoms with E-state index in [0.29, 0.717) is 17.0 Å². The Morgan fingerprint density at radius 2 is 2.47 bits per heavy atom. The van der Waals surface area contributed by atoms with E-state index in [1.165, 1.54) is 11.3 Å². The van der Waals surface area contributed by atoms with Crippen molar-refractivity contribution in [1.82, 2.24) is 15.6 Å². The highest BCUT2D eigenvalue weighted by molar-refractivity contribution is 7.13. The van der Waals surface area contributed by atoms with E-state index in [-0.39, 0.29) is 5.91 Å². The Hall–Kier alpha value is -1.66. The second-order valence-corrected chi connectivity index (χ2v) is 3.97. The molecule has 0 fully saturated rings. The number of aromatic nitrogens is 2. The van der Waals surface area contributed by atoms with Crippen LogP contribution in [0.2, 0.25) is 0 Å². The molecule has 5 nitrogen and oxygen atoms in total. The number of nitrogens with zero attached hydrogens (tertiary/aromatic N) is 1. The van der Waals surface area contributed by atoms with Crippen LogP contribution in [-0.4, -0.2) is 16.1 Å². The second kappa shape index (κ2) is 3.84. The number of nitrogens with one attached hydrogen (secondary N) is 2. The van der Waals surface area contributed by atoms with Crippen molar-refractivity contribution in [2.45, 2.75) is 6.92 Å². The summed E-state index contributed by atoms with van der Waals surface area (Å²) in [5.41, 5.74) is 3.97. The standard InChI is InChI=1S/C9H10N4OS/c1-5-7(9(14)11-10)8(13-12-5)6-3-2-4-15-6/h2-4H,10H2,1H3,(H,11,14)(H,12,13). The normalized spacial score (nSPS) is 10.3. The van der Waals surface area contributed by atoms with Gasteiger partial charge in [-0.2, -0.15) is 5.10 Å². The van der Waals surface area contributed by atoms with Gasteiger partial charge in [-0.1, -0.05) is 6.07 Å². The molecule has 4 N–H and O–H groups in total. The third kappa shape index (κ3) is 1.64. The van der Waals surface area contributed by atoms with Gasteiger partial charge in [0, 0.05) is 5.69 Å². The minimum Gasteiger partial charge on any atom is -0.290 e. The number of hydrogen-bond donors (Lipinski definition) is 3. The summed E-state index contributed by atoms with van der Waals surface area (Å²) >= 11 is 1.53. The van der Waals surface area contributed by atoms with Crippen molar-refractivity contribution in [3.8, 4) is 10.6 Å². The summed E-state index contributed by atoms with van der Waals surface area (Å²) in [5.74, 6) is 4.79. The summed E-state index contributed by atoms with van der Waals surface area (Å²) in [6, 6.07) is 3.82. The van der Waals surface area contributed by atoms with Crippen LogP contribution in [0, 0.1) is 6.92 Å². The molecule has 15 heavy (non-hydrogen) atoms. The molecule has 0 unspecified atom stereocenters. The molecule has 0 atom stereocenters. The van der Waals surface area contributed by atoms with Crippen LogP contribution in [0.25, 0.3) is 10.6 Å². The highest BCUT2D eigenvalue weighted by Crippen LogP contribution is 2.27. The minimum absolute atomic E-state index is 0.329. The highest BCUT2D eigenvalue weighted by Gasteiger charge is 2.18. The molecule has 0 aliphatic heterocycles. The zero-order valence-electron chi connectivity index (χ0n) is 8.07. The molecule has 6 heteroatoms. The maximum atomic E-state index is 11.5. The summed E-state index contributed by atoms with van der Waals surface area (Å²) in [4.78, 5) is 12.5. The topological polar surface area (TPSA) is 83.8 Å². The highest BCUT2D eigenvalue weighted by atomic mass is 32.1. The molecule has 2 aromatic heterocycles. The fourth-order valence-corrected chi connectivity index (χ4v) is 2.09. The van der Waals surface area contributed by atoms with Crippen molar-refractivity contribution < 1.29 is 4.79 Å². The van der Waals surface area contributed by atoms with Crippen molar-refractivity contribution in [2.24, 2.45) is 5.84 Å².